The molecule has 256 valence electrons. The van der Waals surface area contributed by atoms with E-state index in [1.54, 1.807) is 0 Å². The Bertz CT molecular complexity index is 2210. The van der Waals surface area contributed by atoms with Crippen LogP contribution >= 0.6 is 45.3 Å². The minimum absolute atomic E-state index is 1.22. The quantitative estimate of drug-likeness (QED) is 0.0686. The van der Waals surface area contributed by atoms with Gasteiger partial charge in [0.2, 0.25) is 0 Å². The minimum Gasteiger partial charge on any atom is -0.139 e. The van der Waals surface area contributed by atoms with Crippen LogP contribution in [0.25, 0.3) is 72.0 Å². The number of thiophene rings is 4. The molecule has 0 aliphatic rings. The summed E-state index contributed by atoms with van der Waals surface area (Å²) in [6.07, 6.45) is 18.8. The first-order valence-electron chi connectivity index (χ1n) is 19.1. The SMILES string of the molecule is CCCCCCCCc1ccc(-c2cc3ccc4c5ccc6c(ccc7cc(-c8ccc(CCCCCCCC)s8)sc76)c5ccc4c3s2)s1. The van der Waals surface area contributed by atoms with Crippen molar-refractivity contribution in [2.45, 2.75) is 104 Å². The van der Waals surface area contributed by atoms with Crippen LogP contribution in [0.15, 0.2) is 84.9 Å². The second-order valence-electron chi connectivity index (χ2n) is 14.2. The van der Waals surface area contributed by atoms with E-state index in [1.807, 2.05) is 45.3 Å². The maximum atomic E-state index is 2.42. The zero-order chi connectivity index (χ0) is 33.9. The summed E-state index contributed by atoms with van der Waals surface area (Å²) < 4.78 is 2.83. The lowest BCUT2D eigenvalue weighted by Gasteiger charge is -2.09. The van der Waals surface area contributed by atoms with Gasteiger partial charge < -0.3 is 0 Å². The van der Waals surface area contributed by atoms with Crippen molar-refractivity contribution in [2.24, 2.45) is 0 Å². The van der Waals surface area contributed by atoms with E-state index < -0.39 is 0 Å². The van der Waals surface area contributed by atoms with Crippen LogP contribution in [0.4, 0.5) is 0 Å². The molecule has 0 N–H and O–H groups in total. The summed E-state index contributed by atoms with van der Waals surface area (Å²) in [4.78, 5) is 8.71. The highest BCUT2D eigenvalue weighted by Gasteiger charge is 2.15. The summed E-state index contributed by atoms with van der Waals surface area (Å²) in [5, 5.41) is 10.9. The largest absolute Gasteiger partial charge is 0.139 e. The zero-order valence-corrected chi connectivity index (χ0v) is 32.9. The predicted octanol–water partition coefficient (Wildman–Crippen LogP) is 16.8. The molecule has 50 heavy (non-hydrogen) atoms. The molecule has 0 saturated carbocycles. The summed E-state index contributed by atoms with van der Waals surface area (Å²) in [7, 11) is 0. The van der Waals surface area contributed by atoms with Gasteiger partial charge in [0.1, 0.15) is 0 Å². The van der Waals surface area contributed by atoms with E-state index in [0.29, 0.717) is 0 Å². The van der Waals surface area contributed by atoms with E-state index in [2.05, 4.69) is 98.8 Å². The Kier molecular flexibility index (Phi) is 10.7. The van der Waals surface area contributed by atoms with Crippen LogP contribution in [0.1, 0.15) is 101 Å². The third-order valence-corrected chi connectivity index (χ3v) is 15.6. The number of hydrogen-bond donors (Lipinski definition) is 0. The lowest BCUT2D eigenvalue weighted by molar-refractivity contribution is 0.609. The fraction of sp³-hybridized carbons (Fsp3) is 0.348. The van der Waals surface area contributed by atoms with Gasteiger partial charge in [-0.05, 0) is 94.4 Å². The van der Waals surface area contributed by atoms with Gasteiger partial charge in [-0.2, -0.15) is 0 Å². The average Bonchev–Trinajstić information content (AvgIpc) is 3.96. The molecule has 0 unspecified atom stereocenters. The third-order valence-electron chi connectivity index (χ3n) is 10.5. The fourth-order valence-electron chi connectivity index (χ4n) is 7.72. The van der Waals surface area contributed by atoms with Crippen molar-refractivity contribution in [2.75, 3.05) is 0 Å². The molecule has 0 aliphatic heterocycles. The van der Waals surface area contributed by atoms with E-state index in [0.717, 1.165) is 0 Å². The zero-order valence-electron chi connectivity index (χ0n) is 29.6. The molecular weight excluding hydrogens is 681 g/mol. The second kappa shape index (κ2) is 15.7. The average molecular weight is 729 g/mol. The summed E-state index contributed by atoms with van der Waals surface area (Å²) >= 11 is 7.93. The van der Waals surface area contributed by atoms with Gasteiger partial charge in [-0.1, -0.05) is 127 Å². The maximum Gasteiger partial charge on any atom is 0.0455 e. The van der Waals surface area contributed by atoms with Crippen molar-refractivity contribution in [1.82, 2.24) is 0 Å². The number of hydrogen-bond acceptors (Lipinski definition) is 4. The maximum absolute atomic E-state index is 2.42. The second-order valence-corrected chi connectivity index (χ2v) is 18.6. The van der Waals surface area contributed by atoms with Crippen molar-refractivity contribution in [3.8, 4) is 19.5 Å². The molecule has 4 aromatic carbocycles. The topological polar surface area (TPSA) is 0 Å². The Hall–Kier alpha value is -3.02. The molecule has 0 atom stereocenters. The van der Waals surface area contributed by atoms with Gasteiger partial charge in [0, 0.05) is 49.4 Å². The van der Waals surface area contributed by atoms with Gasteiger partial charge in [0.05, 0.1) is 0 Å². The number of unbranched alkanes of at least 4 members (excludes halogenated alkanes) is 10. The van der Waals surface area contributed by atoms with Gasteiger partial charge in [-0.15, -0.1) is 45.3 Å². The Balaban J connectivity index is 1.04. The molecule has 4 heteroatoms. The standard InChI is InChI=1S/C46H48S4/c1-3-5-7-9-11-13-15-33-19-27-41(47-33)43-29-31-17-21-37-35-24-26-40-38(36(35)23-25-39(37)45(31)49-43)22-18-32-30-44(50-46(32)40)42-28-20-34(48-42)16-14-12-10-8-6-4-2/h17-30H,3-16H2,1-2H3. The van der Waals surface area contributed by atoms with Crippen molar-refractivity contribution in [3.05, 3.63) is 94.7 Å². The molecule has 8 rings (SSSR count). The van der Waals surface area contributed by atoms with E-state index in [9.17, 15) is 0 Å². The fourth-order valence-corrected chi connectivity index (χ4v) is 12.4. The Morgan fingerprint density at radius 3 is 1.18 bits per heavy atom. The molecule has 0 radical (unpaired) electrons. The van der Waals surface area contributed by atoms with Crippen molar-refractivity contribution >= 4 is 97.8 Å². The smallest absolute Gasteiger partial charge is 0.0455 e. The Morgan fingerprint density at radius 1 is 0.340 bits per heavy atom. The van der Waals surface area contributed by atoms with Crippen LogP contribution in [0, 0.1) is 0 Å². The highest BCUT2D eigenvalue weighted by molar-refractivity contribution is 7.27. The van der Waals surface area contributed by atoms with Crippen LogP contribution < -0.4 is 0 Å². The Morgan fingerprint density at radius 2 is 0.720 bits per heavy atom. The lowest BCUT2D eigenvalue weighted by Crippen LogP contribution is -1.82. The van der Waals surface area contributed by atoms with E-state index in [4.69, 9.17) is 0 Å². The van der Waals surface area contributed by atoms with Crippen molar-refractivity contribution < 1.29 is 0 Å². The van der Waals surface area contributed by atoms with Gasteiger partial charge in [-0.25, -0.2) is 0 Å². The van der Waals surface area contributed by atoms with Crippen LogP contribution in [-0.4, -0.2) is 0 Å². The van der Waals surface area contributed by atoms with E-state index >= 15 is 0 Å². The van der Waals surface area contributed by atoms with Gasteiger partial charge in [0.15, 0.2) is 0 Å². The minimum atomic E-state index is 1.22. The number of aryl methyl sites for hydroxylation is 2. The molecule has 0 fully saturated rings. The van der Waals surface area contributed by atoms with Crippen LogP contribution in [-0.2, 0) is 12.8 Å². The van der Waals surface area contributed by atoms with Crippen molar-refractivity contribution in [1.29, 1.82) is 0 Å². The van der Waals surface area contributed by atoms with E-state index in [-0.39, 0.29) is 0 Å². The molecule has 0 aliphatic carbocycles. The van der Waals surface area contributed by atoms with E-state index in [1.165, 1.54) is 172 Å². The number of benzene rings is 4. The van der Waals surface area contributed by atoms with Crippen LogP contribution in [0.3, 0.4) is 0 Å². The normalized spacial score (nSPS) is 12.1. The first-order chi connectivity index (χ1) is 24.7. The summed E-state index contributed by atoms with van der Waals surface area (Å²) in [6, 6.07) is 33.3. The van der Waals surface area contributed by atoms with Crippen LogP contribution in [0.2, 0.25) is 0 Å². The first-order valence-corrected chi connectivity index (χ1v) is 22.4. The molecule has 0 amide bonds. The lowest BCUT2D eigenvalue weighted by atomic mass is 9.96. The molecule has 0 bridgehead atoms. The Labute approximate surface area is 313 Å². The molecule has 8 aromatic rings. The van der Waals surface area contributed by atoms with Gasteiger partial charge >= 0.3 is 0 Å². The number of fused-ring (bicyclic) bond motifs is 9. The number of rotatable bonds is 16. The summed E-state index contributed by atoms with van der Waals surface area (Å²) in [6.45, 7) is 4.59. The van der Waals surface area contributed by atoms with Gasteiger partial charge in [0.25, 0.3) is 0 Å². The van der Waals surface area contributed by atoms with Gasteiger partial charge in [-0.3, -0.25) is 0 Å². The third kappa shape index (κ3) is 7.06. The predicted molar refractivity (Wildman–Crippen MR) is 231 cm³/mol. The molecular formula is C46H48S4. The summed E-state index contributed by atoms with van der Waals surface area (Å²) in [5.74, 6) is 0. The van der Waals surface area contributed by atoms with Crippen molar-refractivity contribution in [3.63, 3.8) is 0 Å². The van der Waals surface area contributed by atoms with Crippen LogP contribution in [0.5, 0.6) is 0 Å². The first kappa shape index (κ1) is 34.1. The molecule has 0 saturated heterocycles. The highest BCUT2D eigenvalue weighted by atomic mass is 32.1. The molecule has 0 nitrogen and oxygen atoms in total. The highest BCUT2D eigenvalue weighted by Crippen LogP contribution is 2.45. The molecule has 0 spiro atoms. The molecule has 4 aromatic heterocycles. The summed E-state index contributed by atoms with van der Waals surface area (Å²) in [5.41, 5.74) is 0. The molecule has 4 heterocycles. The monoisotopic (exact) mass is 728 g/mol.